The molecule has 0 fully saturated rings. The molecule has 1 aromatic carbocycles. The first kappa shape index (κ1) is 16.7. The van der Waals surface area contributed by atoms with Crippen LogP contribution in [0.2, 0.25) is 5.02 Å². The van der Waals surface area contributed by atoms with E-state index in [0.29, 0.717) is 11.6 Å². The number of ether oxygens (including phenoxy) is 1. The molecule has 19 heavy (non-hydrogen) atoms. The van der Waals surface area contributed by atoms with Gasteiger partial charge in [0.25, 0.3) is 0 Å². The summed E-state index contributed by atoms with van der Waals surface area (Å²) < 4.78 is 5.85. The number of hydrogen-bond donors (Lipinski definition) is 1. The summed E-state index contributed by atoms with van der Waals surface area (Å²) in [7, 11) is 0. The van der Waals surface area contributed by atoms with Crippen molar-refractivity contribution < 1.29 is 4.74 Å². The summed E-state index contributed by atoms with van der Waals surface area (Å²) in [5.74, 6) is 1.93. The standard InChI is InChI=1S/C15H24ClNOS/c1-15(2,3)17-11-12-7-5-8-13(16)14(12)18-9-6-10-19-4/h5,7-8,17H,6,9-11H2,1-4H3. The Morgan fingerprint density at radius 1 is 1.32 bits per heavy atom. The lowest BCUT2D eigenvalue weighted by atomic mass is 10.1. The Hall–Kier alpha value is -0.380. The molecule has 108 valence electrons. The van der Waals surface area contributed by atoms with Crippen LogP contribution in [0.4, 0.5) is 0 Å². The third kappa shape index (κ3) is 6.55. The summed E-state index contributed by atoms with van der Waals surface area (Å²) in [6.07, 6.45) is 3.15. The summed E-state index contributed by atoms with van der Waals surface area (Å²) in [6.45, 7) is 7.93. The minimum atomic E-state index is 0.0818. The predicted octanol–water partition coefficient (Wildman–Crippen LogP) is 4.36. The molecule has 1 rings (SSSR count). The Kier molecular flexibility index (Phi) is 7.05. The summed E-state index contributed by atoms with van der Waals surface area (Å²) in [4.78, 5) is 0. The van der Waals surface area contributed by atoms with E-state index in [9.17, 15) is 0 Å². The van der Waals surface area contributed by atoms with Crippen LogP contribution in [0.25, 0.3) is 0 Å². The number of para-hydroxylation sites is 1. The van der Waals surface area contributed by atoms with Gasteiger partial charge in [0.2, 0.25) is 0 Å². The van der Waals surface area contributed by atoms with E-state index >= 15 is 0 Å². The minimum Gasteiger partial charge on any atom is -0.492 e. The van der Waals surface area contributed by atoms with Gasteiger partial charge in [0.05, 0.1) is 11.6 Å². The highest BCUT2D eigenvalue weighted by molar-refractivity contribution is 7.98. The first-order valence-electron chi connectivity index (χ1n) is 6.58. The van der Waals surface area contributed by atoms with E-state index in [0.717, 1.165) is 30.0 Å². The Morgan fingerprint density at radius 3 is 2.68 bits per heavy atom. The topological polar surface area (TPSA) is 21.3 Å². The molecule has 0 aromatic heterocycles. The summed E-state index contributed by atoms with van der Waals surface area (Å²) in [5, 5.41) is 4.16. The second-order valence-corrected chi connectivity index (χ2v) is 6.92. The lowest BCUT2D eigenvalue weighted by Gasteiger charge is -2.22. The van der Waals surface area contributed by atoms with Gasteiger partial charge in [-0.05, 0) is 45.3 Å². The van der Waals surface area contributed by atoms with E-state index in [1.54, 1.807) is 0 Å². The molecule has 0 unspecified atom stereocenters. The molecule has 1 N–H and O–H groups in total. The van der Waals surface area contributed by atoms with Gasteiger partial charge in [-0.2, -0.15) is 11.8 Å². The summed E-state index contributed by atoms with van der Waals surface area (Å²) >= 11 is 8.07. The van der Waals surface area contributed by atoms with Crippen LogP contribution < -0.4 is 10.1 Å². The molecule has 1 aromatic rings. The number of hydrogen-bond acceptors (Lipinski definition) is 3. The number of rotatable bonds is 7. The van der Waals surface area contributed by atoms with Crippen molar-refractivity contribution in [3.05, 3.63) is 28.8 Å². The van der Waals surface area contributed by atoms with Crippen molar-refractivity contribution in [2.75, 3.05) is 18.6 Å². The van der Waals surface area contributed by atoms with Gasteiger partial charge in [-0.15, -0.1) is 0 Å². The lowest BCUT2D eigenvalue weighted by molar-refractivity contribution is 0.312. The largest absolute Gasteiger partial charge is 0.492 e. The van der Waals surface area contributed by atoms with E-state index in [2.05, 4.69) is 38.4 Å². The van der Waals surface area contributed by atoms with E-state index in [1.165, 1.54) is 0 Å². The van der Waals surface area contributed by atoms with Gasteiger partial charge in [0, 0.05) is 17.6 Å². The van der Waals surface area contributed by atoms with Crippen molar-refractivity contribution in [2.45, 2.75) is 39.3 Å². The van der Waals surface area contributed by atoms with E-state index < -0.39 is 0 Å². The highest BCUT2D eigenvalue weighted by Crippen LogP contribution is 2.29. The smallest absolute Gasteiger partial charge is 0.142 e. The number of halogens is 1. The molecule has 0 spiro atoms. The van der Waals surface area contributed by atoms with Crippen LogP contribution in [0.15, 0.2) is 18.2 Å². The zero-order valence-electron chi connectivity index (χ0n) is 12.3. The monoisotopic (exact) mass is 301 g/mol. The molecule has 4 heteroatoms. The maximum absolute atomic E-state index is 6.23. The second-order valence-electron chi connectivity index (χ2n) is 5.53. The van der Waals surface area contributed by atoms with Crippen LogP contribution in [0.3, 0.4) is 0 Å². The van der Waals surface area contributed by atoms with Crippen molar-refractivity contribution >= 4 is 23.4 Å². The van der Waals surface area contributed by atoms with E-state index in [-0.39, 0.29) is 5.54 Å². The fourth-order valence-electron chi connectivity index (χ4n) is 1.59. The van der Waals surface area contributed by atoms with E-state index in [4.69, 9.17) is 16.3 Å². The molecule has 0 bridgehead atoms. The molecular formula is C15H24ClNOS. The van der Waals surface area contributed by atoms with Gasteiger partial charge in [-0.25, -0.2) is 0 Å². The quantitative estimate of drug-likeness (QED) is 0.756. The molecule has 0 atom stereocenters. The predicted molar refractivity (Wildman–Crippen MR) is 86.5 cm³/mol. The van der Waals surface area contributed by atoms with Crippen molar-refractivity contribution in [1.29, 1.82) is 0 Å². The normalized spacial score (nSPS) is 11.6. The van der Waals surface area contributed by atoms with Crippen LogP contribution in [0.5, 0.6) is 5.75 Å². The third-order valence-electron chi connectivity index (χ3n) is 2.60. The van der Waals surface area contributed by atoms with Gasteiger partial charge in [0.1, 0.15) is 5.75 Å². The van der Waals surface area contributed by atoms with Gasteiger partial charge in [-0.3, -0.25) is 0 Å². The van der Waals surface area contributed by atoms with Crippen molar-refractivity contribution in [1.82, 2.24) is 5.32 Å². The Morgan fingerprint density at radius 2 is 2.05 bits per heavy atom. The molecule has 0 saturated carbocycles. The molecule has 2 nitrogen and oxygen atoms in total. The average Bonchev–Trinajstić information content (AvgIpc) is 2.33. The van der Waals surface area contributed by atoms with Gasteiger partial charge < -0.3 is 10.1 Å². The molecule has 0 heterocycles. The van der Waals surface area contributed by atoms with Crippen LogP contribution in [-0.2, 0) is 6.54 Å². The SMILES string of the molecule is CSCCCOc1c(Cl)cccc1CNC(C)(C)C. The van der Waals surface area contributed by atoms with Gasteiger partial charge in [0.15, 0.2) is 0 Å². The third-order valence-corrected chi connectivity index (χ3v) is 3.59. The Labute approximate surface area is 126 Å². The second kappa shape index (κ2) is 8.03. The van der Waals surface area contributed by atoms with Gasteiger partial charge >= 0.3 is 0 Å². The van der Waals surface area contributed by atoms with Crippen LogP contribution in [0, 0.1) is 0 Å². The highest BCUT2D eigenvalue weighted by Gasteiger charge is 2.12. The van der Waals surface area contributed by atoms with Crippen LogP contribution in [0.1, 0.15) is 32.8 Å². The lowest BCUT2D eigenvalue weighted by Crippen LogP contribution is -2.35. The molecule has 0 aliphatic heterocycles. The summed E-state index contributed by atoms with van der Waals surface area (Å²) in [6, 6.07) is 5.91. The summed E-state index contributed by atoms with van der Waals surface area (Å²) in [5.41, 5.74) is 1.20. The minimum absolute atomic E-state index is 0.0818. The van der Waals surface area contributed by atoms with E-state index in [1.807, 2.05) is 23.9 Å². The van der Waals surface area contributed by atoms with Crippen molar-refractivity contribution in [3.63, 3.8) is 0 Å². The molecular weight excluding hydrogens is 278 g/mol. The fourth-order valence-corrected chi connectivity index (χ4v) is 2.25. The van der Waals surface area contributed by atoms with Crippen molar-refractivity contribution in [3.8, 4) is 5.75 Å². The number of nitrogens with one attached hydrogen (secondary N) is 1. The molecule has 0 saturated heterocycles. The zero-order chi connectivity index (χ0) is 14.3. The molecule has 0 amide bonds. The van der Waals surface area contributed by atoms with Crippen LogP contribution >= 0.6 is 23.4 Å². The molecule has 0 aliphatic carbocycles. The maximum atomic E-state index is 6.23. The number of benzene rings is 1. The average molecular weight is 302 g/mol. The highest BCUT2D eigenvalue weighted by atomic mass is 35.5. The number of thioether (sulfide) groups is 1. The molecule has 0 aliphatic rings. The molecule has 0 radical (unpaired) electrons. The zero-order valence-corrected chi connectivity index (χ0v) is 13.8. The van der Waals surface area contributed by atoms with Crippen LogP contribution in [-0.4, -0.2) is 24.2 Å². The maximum Gasteiger partial charge on any atom is 0.142 e. The van der Waals surface area contributed by atoms with Gasteiger partial charge in [-0.1, -0.05) is 23.7 Å². The Bertz CT molecular complexity index is 390. The van der Waals surface area contributed by atoms with Crippen molar-refractivity contribution in [2.24, 2.45) is 0 Å². The first-order chi connectivity index (χ1) is 8.94. The first-order valence-corrected chi connectivity index (χ1v) is 8.35. The Balaban J connectivity index is 2.66. The fraction of sp³-hybridized carbons (Fsp3) is 0.600.